The van der Waals surface area contributed by atoms with Gasteiger partial charge in [0.2, 0.25) is 0 Å². The molecule has 1 saturated heterocycles. The fourth-order valence-electron chi connectivity index (χ4n) is 1.69. The first-order chi connectivity index (χ1) is 7.90. The predicted octanol–water partition coefficient (Wildman–Crippen LogP) is 1.06. The van der Waals surface area contributed by atoms with Crippen molar-refractivity contribution in [2.24, 2.45) is 0 Å². The van der Waals surface area contributed by atoms with Crippen LogP contribution in [-0.2, 0) is 0 Å². The number of hydrogen-bond acceptors (Lipinski definition) is 4. The Hall–Kier alpha value is -1.55. The van der Waals surface area contributed by atoms with Crippen LogP contribution in [0.5, 0.6) is 5.75 Å². The third kappa shape index (κ3) is 2.73. The molecule has 4 nitrogen and oxygen atoms in total. The third-order valence-corrected chi connectivity index (χ3v) is 2.53. The van der Waals surface area contributed by atoms with Crippen LogP contribution >= 0.6 is 0 Å². The Balaban J connectivity index is 1.97. The highest BCUT2D eigenvalue weighted by molar-refractivity contribution is 5.41. The first-order valence-corrected chi connectivity index (χ1v) is 5.55. The maximum absolute atomic E-state index is 5.39. The van der Waals surface area contributed by atoms with Crippen molar-refractivity contribution in [2.75, 3.05) is 37.7 Å². The summed E-state index contributed by atoms with van der Waals surface area (Å²) >= 11 is 0. The summed E-state index contributed by atoms with van der Waals surface area (Å²) in [5, 5.41) is 3.32. The van der Waals surface area contributed by atoms with E-state index < -0.39 is 0 Å². The van der Waals surface area contributed by atoms with E-state index >= 15 is 0 Å². The van der Waals surface area contributed by atoms with Gasteiger partial charge in [-0.1, -0.05) is 12.7 Å². The molecular formula is C12H17N3O. The van der Waals surface area contributed by atoms with Crippen LogP contribution in [0.2, 0.25) is 0 Å². The van der Waals surface area contributed by atoms with Gasteiger partial charge in [-0.15, -0.1) is 0 Å². The molecule has 1 fully saturated rings. The van der Waals surface area contributed by atoms with E-state index in [-0.39, 0.29) is 0 Å². The van der Waals surface area contributed by atoms with Gasteiger partial charge in [-0.2, -0.15) is 0 Å². The number of hydrogen-bond donors (Lipinski definition) is 1. The molecule has 1 aliphatic rings. The van der Waals surface area contributed by atoms with Crippen LogP contribution in [0.4, 0.5) is 5.82 Å². The zero-order valence-electron chi connectivity index (χ0n) is 9.35. The first-order valence-electron chi connectivity index (χ1n) is 5.55. The third-order valence-electron chi connectivity index (χ3n) is 2.53. The molecule has 0 spiro atoms. The van der Waals surface area contributed by atoms with Crippen molar-refractivity contribution in [3.63, 3.8) is 0 Å². The van der Waals surface area contributed by atoms with E-state index in [1.165, 1.54) is 0 Å². The number of aromatic nitrogens is 1. The van der Waals surface area contributed by atoms with Gasteiger partial charge in [0.05, 0.1) is 6.20 Å². The van der Waals surface area contributed by atoms with Crippen molar-refractivity contribution >= 4 is 5.82 Å². The summed E-state index contributed by atoms with van der Waals surface area (Å²) in [6, 6.07) is 3.96. The molecule has 2 heterocycles. The predicted molar refractivity (Wildman–Crippen MR) is 65.0 cm³/mol. The van der Waals surface area contributed by atoms with Gasteiger partial charge < -0.3 is 15.0 Å². The minimum Gasteiger partial charge on any atom is -0.488 e. The van der Waals surface area contributed by atoms with Crippen LogP contribution in [0.3, 0.4) is 0 Å². The maximum atomic E-state index is 5.39. The normalized spacial score (nSPS) is 15.9. The lowest BCUT2D eigenvalue weighted by atomic mass is 10.3. The number of rotatable bonds is 4. The van der Waals surface area contributed by atoms with Crippen LogP contribution in [0.15, 0.2) is 31.0 Å². The van der Waals surface area contributed by atoms with Gasteiger partial charge in [0.1, 0.15) is 18.2 Å². The molecule has 86 valence electrons. The molecule has 1 N–H and O–H groups in total. The number of nitrogens with one attached hydrogen (secondary N) is 1. The van der Waals surface area contributed by atoms with Gasteiger partial charge in [0.25, 0.3) is 0 Å². The summed E-state index contributed by atoms with van der Waals surface area (Å²) in [4.78, 5) is 6.67. The van der Waals surface area contributed by atoms with Crippen molar-refractivity contribution in [1.29, 1.82) is 0 Å². The number of anilines is 1. The molecule has 0 aromatic carbocycles. The summed E-state index contributed by atoms with van der Waals surface area (Å²) in [6.07, 6.45) is 3.49. The molecular weight excluding hydrogens is 202 g/mol. The fraction of sp³-hybridized carbons (Fsp3) is 0.417. The monoisotopic (exact) mass is 219 g/mol. The van der Waals surface area contributed by atoms with Crippen LogP contribution in [-0.4, -0.2) is 37.8 Å². The minimum absolute atomic E-state index is 0.522. The first kappa shape index (κ1) is 11.0. The van der Waals surface area contributed by atoms with Crippen molar-refractivity contribution in [2.45, 2.75) is 0 Å². The highest BCUT2D eigenvalue weighted by Gasteiger charge is 2.10. The molecule has 1 aromatic heterocycles. The van der Waals surface area contributed by atoms with Crippen LogP contribution < -0.4 is 15.0 Å². The van der Waals surface area contributed by atoms with E-state index in [9.17, 15) is 0 Å². The zero-order chi connectivity index (χ0) is 11.2. The Labute approximate surface area is 95.9 Å². The molecule has 4 heteroatoms. The fourth-order valence-corrected chi connectivity index (χ4v) is 1.69. The SMILES string of the molecule is C=CCOc1ccc(N2CCNCC2)nc1. The molecule has 0 amide bonds. The number of ether oxygens (including phenoxy) is 1. The van der Waals surface area contributed by atoms with E-state index in [2.05, 4.69) is 21.8 Å². The van der Waals surface area contributed by atoms with Crippen molar-refractivity contribution in [3.05, 3.63) is 31.0 Å². The zero-order valence-corrected chi connectivity index (χ0v) is 9.35. The molecule has 1 aliphatic heterocycles. The van der Waals surface area contributed by atoms with Crippen molar-refractivity contribution in [1.82, 2.24) is 10.3 Å². The van der Waals surface area contributed by atoms with Crippen LogP contribution in [0, 0.1) is 0 Å². The summed E-state index contributed by atoms with van der Waals surface area (Å²) in [6.45, 7) is 8.20. The molecule has 0 saturated carbocycles. The van der Waals surface area contributed by atoms with Gasteiger partial charge in [-0.3, -0.25) is 0 Å². The Bertz CT molecular complexity index is 331. The van der Waals surface area contributed by atoms with E-state index in [1.54, 1.807) is 12.3 Å². The highest BCUT2D eigenvalue weighted by Crippen LogP contribution is 2.16. The quantitative estimate of drug-likeness (QED) is 0.768. The van der Waals surface area contributed by atoms with E-state index in [4.69, 9.17) is 4.74 Å². The van der Waals surface area contributed by atoms with Gasteiger partial charge in [-0.25, -0.2) is 4.98 Å². The van der Waals surface area contributed by atoms with Gasteiger partial charge in [0.15, 0.2) is 0 Å². The number of piperazine rings is 1. The number of pyridine rings is 1. The maximum Gasteiger partial charge on any atom is 0.138 e. The van der Waals surface area contributed by atoms with E-state index in [1.807, 2.05) is 12.1 Å². The van der Waals surface area contributed by atoms with Crippen molar-refractivity contribution < 1.29 is 4.74 Å². The molecule has 16 heavy (non-hydrogen) atoms. The van der Waals surface area contributed by atoms with Gasteiger partial charge in [-0.05, 0) is 12.1 Å². The molecule has 0 radical (unpaired) electrons. The molecule has 0 unspecified atom stereocenters. The van der Waals surface area contributed by atoms with Gasteiger partial charge in [0, 0.05) is 26.2 Å². The molecule has 0 bridgehead atoms. The number of nitrogens with zero attached hydrogens (tertiary/aromatic N) is 2. The lowest BCUT2D eigenvalue weighted by Crippen LogP contribution is -2.43. The van der Waals surface area contributed by atoms with E-state index in [0.717, 1.165) is 37.7 Å². The average Bonchev–Trinajstić information content (AvgIpc) is 2.38. The smallest absolute Gasteiger partial charge is 0.138 e. The van der Waals surface area contributed by atoms with Crippen LogP contribution in [0.1, 0.15) is 0 Å². The summed E-state index contributed by atoms with van der Waals surface area (Å²) in [7, 11) is 0. The Morgan fingerprint density at radius 1 is 1.44 bits per heavy atom. The topological polar surface area (TPSA) is 37.4 Å². The summed E-state index contributed by atoms with van der Waals surface area (Å²) in [5.74, 6) is 1.81. The highest BCUT2D eigenvalue weighted by atomic mass is 16.5. The molecule has 0 aliphatic carbocycles. The second-order valence-corrected chi connectivity index (χ2v) is 3.69. The minimum atomic E-state index is 0.522. The van der Waals surface area contributed by atoms with E-state index in [0.29, 0.717) is 6.61 Å². The Kier molecular flexibility index (Phi) is 3.77. The Morgan fingerprint density at radius 3 is 2.88 bits per heavy atom. The second kappa shape index (κ2) is 5.51. The lowest BCUT2D eigenvalue weighted by molar-refractivity contribution is 0.361. The average molecular weight is 219 g/mol. The standard InChI is InChI=1S/C12H17N3O/c1-2-9-16-11-3-4-12(14-10-11)15-7-5-13-6-8-15/h2-4,10,13H,1,5-9H2. The molecule has 2 rings (SSSR count). The van der Waals surface area contributed by atoms with Gasteiger partial charge >= 0.3 is 0 Å². The summed E-state index contributed by atoms with van der Waals surface area (Å²) < 4.78 is 5.39. The largest absolute Gasteiger partial charge is 0.488 e. The molecule has 1 aromatic rings. The Morgan fingerprint density at radius 2 is 2.25 bits per heavy atom. The summed E-state index contributed by atoms with van der Waals surface area (Å²) in [5.41, 5.74) is 0. The second-order valence-electron chi connectivity index (χ2n) is 3.69. The lowest BCUT2D eigenvalue weighted by Gasteiger charge is -2.28. The van der Waals surface area contributed by atoms with Crippen molar-refractivity contribution in [3.8, 4) is 5.75 Å². The molecule has 0 atom stereocenters. The van der Waals surface area contributed by atoms with Crippen LogP contribution in [0.25, 0.3) is 0 Å².